The number of aromatic nitrogens is 2. The van der Waals surface area contributed by atoms with Gasteiger partial charge in [-0.1, -0.05) is 12.1 Å². The van der Waals surface area contributed by atoms with Crippen molar-refractivity contribution in [2.45, 2.75) is 32.7 Å². The summed E-state index contributed by atoms with van der Waals surface area (Å²) in [6, 6.07) is 10.2. The highest BCUT2D eigenvalue weighted by Crippen LogP contribution is 2.14. The molecule has 0 atom stereocenters. The van der Waals surface area contributed by atoms with Crippen molar-refractivity contribution < 1.29 is 9.47 Å². The summed E-state index contributed by atoms with van der Waals surface area (Å²) in [5, 5.41) is 10.9. The number of aliphatic imine (C=N–C) groups is 1. The molecular weight excluding hydrogens is 366 g/mol. The van der Waals surface area contributed by atoms with Gasteiger partial charge in [0.1, 0.15) is 0 Å². The molecule has 0 aliphatic carbocycles. The molecule has 0 amide bonds. The average Bonchev–Trinajstić information content (AvgIpc) is 3.30. The summed E-state index contributed by atoms with van der Waals surface area (Å²) in [6.07, 6.45) is 6.93. The molecule has 158 valence electrons. The topological polar surface area (TPSA) is 72.7 Å². The molecule has 0 bridgehead atoms. The van der Waals surface area contributed by atoms with Gasteiger partial charge in [0, 0.05) is 51.9 Å². The first kappa shape index (κ1) is 21.3. The summed E-state index contributed by atoms with van der Waals surface area (Å²) in [5.74, 6) is 1.50. The Kier molecular flexibility index (Phi) is 9.00. The summed E-state index contributed by atoms with van der Waals surface area (Å²) in [5.41, 5.74) is 2.21. The van der Waals surface area contributed by atoms with Crippen LogP contribution in [0.4, 0.5) is 0 Å². The molecule has 2 N–H and O–H groups in total. The highest BCUT2D eigenvalue weighted by molar-refractivity contribution is 5.79. The fourth-order valence-corrected chi connectivity index (χ4v) is 3.23. The van der Waals surface area contributed by atoms with Crippen molar-refractivity contribution in [3.63, 3.8) is 0 Å². The Balaban J connectivity index is 1.36. The lowest BCUT2D eigenvalue weighted by atomic mass is 10.0. The molecule has 2 heterocycles. The lowest BCUT2D eigenvalue weighted by molar-refractivity contribution is 0.0203. The van der Waals surface area contributed by atoms with Gasteiger partial charge in [0.05, 0.1) is 12.2 Å². The summed E-state index contributed by atoms with van der Waals surface area (Å²) >= 11 is 0. The van der Waals surface area contributed by atoms with Gasteiger partial charge in [-0.3, -0.25) is 0 Å². The first-order chi connectivity index (χ1) is 14.3. The van der Waals surface area contributed by atoms with E-state index >= 15 is 0 Å². The van der Waals surface area contributed by atoms with Crippen LogP contribution in [0.1, 0.15) is 31.7 Å². The lowest BCUT2D eigenvalue weighted by Crippen LogP contribution is -2.38. The Bertz CT molecular complexity index is 709. The van der Waals surface area contributed by atoms with Crippen LogP contribution in [-0.4, -0.2) is 55.3 Å². The van der Waals surface area contributed by atoms with Crippen molar-refractivity contribution in [2.75, 3.05) is 39.5 Å². The van der Waals surface area contributed by atoms with Crippen molar-refractivity contribution in [3.8, 4) is 5.69 Å². The maximum Gasteiger partial charge on any atom is 0.191 e. The number of hydrogen-bond acceptors (Lipinski definition) is 4. The Morgan fingerprint density at radius 3 is 2.79 bits per heavy atom. The van der Waals surface area contributed by atoms with Crippen LogP contribution < -0.4 is 10.6 Å². The highest BCUT2D eigenvalue weighted by atomic mass is 16.5. The summed E-state index contributed by atoms with van der Waals surface area (Å²) < 4.78 is 13.1. The van der Waals surface area contributed by atoms with Gasteiger partial charge in [0.15, 0.2) is 5.96 Å². The van der Waals surface area contributed by atoms with Crippen LogP contribution >= 0.6 is 0 Å². The van der Waals surface area contributed by atoms with Crippen molar-refractivity contribution in [1.82, 2.24) is 20.4 Å². The normalized spacial score (nSPS) is 15.4. The number of nitrogens with zero attached hydrogens (tertiary/aromatic N) is 3. The molecule has 0 unspecified atom stereocenters. The largest absolute Gasteiger partial charge is 0.381 e. The molecule has 0 radical (unpaired) electrons. The minimum atomic E-state index is 0.634. The first-order valence-electron chi connectivity index (χ1n) is 10.6. The van der Waals surface area contributed by atoms with E-state index in [4.69, 9.17) is 9.47 Å². The monoisotopic (exact) mass is 399 g/mol. The Labute approximate surface area is 173 Å². The van der Waals surface area contributed by atoms with E-state index in [-0.39, 0.29) is 0 Å². The van der Waals surface area contributed by atoms with Crippen molar-refractivity contribution >= 4 is 5.96 Å². The molecule has 29 heavy (non-hydrogen) atoms. The van der Waals surface area contributed by atoms with E-state index in [9.17, 15) is 0 Å². The van der Waals surface area contributed by atoms with Gasteiger partial charge >= 0.3 is 0 Å². The van der Waals surface area contributed by atoms with Crippen molar-refractivity contribution in [1.29, 1.82) is 0 Å². The van der Waals surface area contributed by atoms with E-state index in [1.165, 1.54) is 0 Å². The fourth-order valence-electron chi connectivity index (χ4n) is 3.23. The summed E-state index contributed by atoms with van der Waals surface area (Å²) in [6.45, 7) is 7.78. The van der Waals surface area contributed by atoms with Gasteiger partial charge in [-0.15, -0.1) is 0 Å². The minimum Gasteiger partial charge on any atom is -0.381 e. The van der Waals surface area contributed by atoms with Crippen molar-refractivity contribution in [2.24, 2.45) is 10.9 Å². The van der Waals surface area contributed by atoms with Crippen molar-refractivity contribution in [3.05, 3.63) is 48.3 Å². The smallest absolute Gasteiger partial charge is 0.191 e. The van der Waals surface area contributed by atoms with Gasteiger partial charge in [-0.25, -0.2) is 9.67 Å². The quantitative estimate of drug-likeness (QED) is 0.365. The number of rotatable bonds is 10. The van der Waals surface area contributed by atoms with Crippen LogP contribution in [0.25, 0.3) is 5.69 Å². The predicted octanol–water partition coefficient (Wildman–Crippen LogP) is 2.76. The molecule has 3 rings (SSSR count). The van der Waals surface area contributed by atoms with E-state index in [2.05, 4.69) is 51.9 Å². The van der Waals surface area contributed by atoms with Crippen LogP contribution in [0.5, 0.6) is 0 Å². The van der Waals surface area contributed by atoms with Gasteiger partial charge in [-0.2, -0.15) is 5.10 Å². The molecule has 1 aromatic carbocycles. The van der Waals surface area contributed by atoms with Crippen LogP contribution in [0.3, 0.4) is 0 Å². The second-order valence-corrected chi connectivity index (χ2v) is 7.22. The predicted molar refractivity (Wildman–Crippen MR) is 115 cm³/mol. The molecule has 0 spiro atoms. The van der Waals surface area contributed by atoms with E-state index in [1.54, 1.807) is 6.20 Å². The van der Waals surface area contributed by atoms with E-state index < -0.39 is 0 Å². The number of nitrogens with one attached hydrogen (secondary N) is 2. The Morgan fingerprint density at radius 1 is 1.24 bits per heavy atom. The maximum atomic E-state index is 5.82. The van der Waals surface area contributed by atoms with E-state index in [0.717, 1.165) is 76.0 Å². The van der Waals surface area contributed by atoms with Crippen LogP contribution in [0.2, 0.25) is 0 Å². The highest BCUT2D eigenvalue weighted by Gasteiger charge is 2.13. The van der Waals surface area contributed by atoms with Gasteiger partial charge < -0.3 is 20.1 Å². The van der Waals surface area contributed by atoms with Gasteiger partial charge in [0.25, 0.3) is 0 Å². The average molecular weight is 400 g/mol. The standard InChI is InChI=1S/C22H33N5O2/c1-2-23-22(24-11-4-14-29-18-20-9-15-28-16-10-20)25-17-19-5-7-21(8-6-19)27-13-3-12-26-27/h3,5-8,12-13,20H,2,4,9-11,14-18H2,1H3,(H2,23,24,25). The van der Waals surface area contributed by atoms with Crippen LogP contribution in [0, 0.1) is 5.92 Å². The molecule has 1 saturated heterocycles. The fraction of sp³-hybridized carbons (Fsp3) is 0.545. The third-order valence-electron chi connectivity index (χ3n) is 4.92. The third kappa shape index (κ3) is 7.51. The number of guanidine groups is 1. The second-order valence-electron chi connectivity index (χ2n) is 7.22. The Hall–Kier alpha value is -2.38. The maximum absolute atomic E-state index is 5.82. The van der Waals surface area contributed by atoms with E-state index in [0.29, 0.717) is 12.5 Å². The molecule has 7 nitrogen and oxygen atoms in total. The number of benzene rings is 1. The van der Waals surface area contributed by atoms with E-state index in [1.807, 2.05) is 16.9 Å². The number of ether oxygens (including phenoxy) is 2. The zero-order valence-electron chi connectivity index (χ0n) is 17.3. The molecule has 1 aliphatic rings. The minimum absolute atomic E-state index is 0.634. The van der Waals surface area contributed by atoms with Gasteiger partial charge in [0.2, 0.25) is 0 Å². The Morgan fingerprint density at radius 2 is 2.07 bits per heavy atom. The first-order valence-corrected chi connectivity index (χ1v) is 10.6. The van der Waals surface area contributed by atoms with Crippen LogP contribution in [-0.2, 0) is 16.0 Å². The third-order valence-corrected chi connectivity index (χ3v) is 4.92. The summed E-state index contributed by atoms with van der Waals surface area (Å²) in [7, 11) is 0. The molecule has 1 aliphatic heterocycles. The molecule has 1 aromatic heterocycles. The molecule has 1 fully saturated rings. The second kappa shape index (κ2) is 12.2. The molecule has 2 aromatic rings. The molecule has 0 saturated carbocycles. The SMILES string of the molecule is CCNC(=NCc1ccc(-n2cccn2)cc1)NCCCOCC1CCOCC1. The zero-order valence-corrected chi connectivity index (χ0v) is 17.3. The number of hydrogen-bond donors (Lipinski definition) is 2. The molecule has 7 heteroatoms. The molecular formula is C22H33N5O2. The van der Waals surface area contributed by atoms with Crippen LogP contribution in [0.15, 0.2) is 47.7 Å². The zero-order chi connectivity index (χ0) is 20.2. The van der Waals surface area contributed by atoms with Gasteiger partial charge in [-0.05, 0) is 55.9 Å². The lowest BCUT2D eigenvalue weighted by Gasteiger charge is -2.21. The summed E-state index contributed by atoms with van der Waals surface area (Å²) in [4.78, 5) is 4.68.